The number of amides is 1. The second kappa shape index (κ2) is 8.29. The lowest BCUT2D eigenvalue weighted by atomic mass is 10.1. The van der Waals surface area contributed by atoms with E-state index in [0.29, 0.717) is 10.7 Å². The van der Waals surface area contributed by atoms with E-state index in [-0.39, 0.29) is 5.91 Å². The van der Waals surface area contributed by atoms with Crippen molar-refractivity contribution in [2.24, 2.45) is 0 Å². The Labute approximate surface area is 170 Å². The molecule has 2 aromatic carbocycles. The first-order chi connectivity index (χ1) is 13.6. The number of benzene rings is 2. The summed E-state index contributed by atoms with van der Waals surface area (Å²) in [6, 6.07) is 17.8. The summed E-state index contributed by atoms with van der Waals surface area (Å²) < 4.78 is 0. The first-order valence-electron chi connectivity index (χ1n) is 9.72. The molecule has 0 radical (unpaired) electrons. The zero-order chi connectivity index (χ0) is 19.5. The highest BCUT2D eigenvalue weighted by atomic mass is 35.5. The van der Waals surface area contributed by atoms with Crippen LogP contribution in [0.15, 0.2) is 54.6 Å². The summed E-state index contributed by atoms with van der Waals surface area (Å²) >= 11 is 5.95. The molecule has 2 heterocycles. The topological polar surface area (TPSA) is 36.4 Å². The van der Waals surface area contributed by atoms with Gasteiger partial charge in [-0.1, -0.05) is 35.9 Å². The Morgan fingerprint density at radius 2 is 1.89 bits per heavy atom. The molecule has 4 rings (SSSR count). The van der Waals surface area contributed by atoms with E-state index in [9.17, 15) is 4.79 Å². The van der Waals surface area contributed by atoms with Gasteiger partial charge in [0.25, 0.3) is 5.91 Å². The van der Waals surface area contributed by atoms with Gasteiger partial charge < -0.3 is 4.90 Å². The number of carbonyl (C=O) groups is 1. The number of nitrogens with zero attached hydrogens (tertiary/aromatic N) is 3. The third kappa shape index (κ3) is 4.18. The second-order valence-electron chi connectivity index (χ2n) is 7.39. The van der Waals surface area contributed by atoms with Crippen LogP contribution in [0.2, 0.25) is 5.15 Å². The van der Waals surface area contributed by atoms with Gasteiger partial charge in [0.2, 0.25) is 0 Å². The molecule has 0 aliphatic carbocycles. The van der Waals surface area contributed by atoms with Crippen molar-refractivity contribution in [3.05, 3.63) is 76.4 Å². The van der Waals surface area contributed by atoms with Gasteiger partial charge in [0.05, 0.1) is 5.52 Å². The lowest BCUT2D eigenvalue weighted by Gasteiger charge is -2.23. The Bertz CT molecular complexity index is 1000. The first kappa shape index (κ1) is 18.9. The zero-order valence-corrected chi connectivity index (χ0v) is 16.8. The average Bonchev–Trinajstić information content (AvgIpc) is 2.94. The van der Waals surface area contributed by atoms with Crippen molar-refractivity contribution < 1.29 is 4.79 Å². The van der Waals surface area contributed by atoms with E-state index in [1.165, 1.54) is 11.1 Å². The molecule has 3 aromatic rings. The Morgan fingerprint density at radius 1 is 1.04 bits per heavy atom. The predicted octanol–water partition coefficient (Wildman–Crippen LogP) is 4.54. The number of pyridine rings is 1. The van der Waals surface area contributed by atoms with Crippen LogP contribution in [0.25, 0.3) is 10.9 Å². The number of carbonyl (C=O) groups excluding carboxylic acids is 1. The van der Waals surface area contributed by atoms with E-state index in [2.05, 4.69) is 41.1 Å². The quantitative estimate of drug-likeness (QED) is 0.613. The third-order valence-electron chi connectivity index (χ3n) is 5.43. The van der Waals surface area contributed by atoms with Gasteiger partial charge >= 0.3 is 0 Å². The minimum atomic E-state index is 0.0922. The highest BCUT2D eigenvalue weighted by Crippen LogP contribution is 2.19. The molecule has 0 spiro atoms. The summed E-state index contributed by atoms with van der Waals surface area (Å²) in [7, 11) is 0. The van der Waals surface area contributed by atoms with Gasteiger partial charge in [0.1, 0.15) is 5.15 Å². The number of aryl methyl sites for hydroxylation is 1. The average molecular weight is 394 g/mol. The van der Waals surface area contributed by atoms with Crippen molar-refractivity contribution in [1.29, 1.82) is 0 Å². The van der Waals surface area contributed by atoms with Crippen LogP contribution in [0.5, 0.6) is 0 Å². The predicted molar refractivity (Wildman–Crippen MR) is 114 cm³/mol. The summed E-state index contributed by atoms with van der Waals surface area (Å²) in [6.07, 6.45) is 0.988. The van der Waals surface area contributed by atoms with Crippen LogP contribution >= 0.6 is 11.6 Å². The van der Waals surface area contributed by atoms with Gasteiger partial charge in [-0.25, -0.2) is 4.98 Å². The molecule has 0 saturated carbocycles. The second-order valence-corrected chi connectivity index (χ2v) is 7.78. The molecule has 1 fully saturated rings. The molecule has 1 amide bonds. The Kier molecular flexibility index (Phi) is 5.60. The van der Waals surface area contributed by atoms with E-state index < -0.39 is 0 Å². The van der Waals surface area contributed by atoms with E-state index in [1.807, 2.05) is 29.2 Å². The minimum absolute atomic E-state index is 0.0922. The van der Waals surface area contributed by atoms with Crippen LogP contribution in [-0.2, 0) is 6.54 Å². The highest BCUT2D eigenvalue weighted by molar-refractivity contribution is 6.29. The third-order valence-corrected chi connectivity index (χ3v) is 5.64. The number of rotatable bonds is 3. The maximum atomic E-state index is 13.0. The van der Waals surface area contributed by atoms with Gasteiger partial charge in [-0.15, -0.1) is 0 Å². The molecule has 0 atom stereocenters. The fourth-order valence-electron chi connectivity index (χ4n) is 3.78. The van der Waals surface area contributed by atoms with Crippen LogP contribution in [0.1, 0.15) is 27.9 Å². The van der Waals surface area contributed by atoms with Crippen molar-refractivity contribution >= 4 is 28.4 Å². The summed E-state index contributed by atoms with van der Waals surface area (Å²) in [6.45, 7) is 6.55. The fourth-order valence-corrected chi connectivity index (χ4v) is 3.93. The van der Waals surface area contributed by atoms with Gasteiger partial charge in [0, 0.05) is 43.7 Å². The molecule has 1 saturated heterocycles. The van der Waals surface area contributed by atoms with Crippen LogP contribution in [0.3, 0.4) is 0 Å². The van der Waals surface area contributed by atoms with E-state index in [1.54, 1.807) is 6.07 Å². The largest absolute Gasteiger partial charge is 0.337 e. The summed E-state index contributed by atoms with van der Waals surface area (Å²) in [5.41, 5.74) is 4.21. The molecular weight excluding hydrogens is 370 g/mol. The lowest BCUT2D eigenvalue weighted by molar-refractivity contribution is 0.0761. The normalized spacial score (nSPS) is 15.6. The smallest absolute Gasteiger partial charge is 0.253 e. The van der Waals surface area contributed by atoms with Crippen molar-refractivity contribution in [2.45, 2.75) is 19.9 Å². The van der Waals surface area contributed by atoms with Gasteiger partial charge in [0.15, 0.2) is 0 Å². The Morgan fingerprint density at radius 3 is 2.75 bits per heavy atom. The molecule has 4 nitrogen and oxygen atoms in total. The molecular formula is C23H24ClN3O. The zero-order valence-electron chi connectivity index (χ0n) is 16.1. The lowest BCUT2D eigenvalue weighted by Crippen LogP contribution is -2.35. The van der Waals surface area contributed by atoms with Crippen molar-refractivity contribution in [2.75, 3.05) is 26.2 Å². The Balaban J connectivity index is 1.44. The molecule has 1 aliphatic heterocycles. The summed E-state index contributed by atoms with van der Waals surface area (Å²) in [4.78, 5) is 21.8. The first-order valence-corrected chi connectivity index (χ1v) is 10.1. The number of hydrogen-bond donors (Lipinski definition) is 0. The van der Waals surface area contributed by atoms with Crippen molar-refractivity contribution in [1.82, 2.24) is 14.8 Å². The SMILES string of the molecule is Cc1ccccc1CN1CCCN(C(=O)c2ccc3nc(Cl)ccc3c2)CC1. The highest BCUT2D eigenvalue weighted by Gasteiger charge is 2.21. The Hall–Kier alpha value is -2.43. The molecule has 28 heavy (non-hydrogen) atoms. The maximum Gasteiger partial charge on any atom is 0.253 e. The van der Waals surface area contributed by atoms with Crippen molar-refractivity contribution in [3.8, 4) is 0 Å². The maximum absolute atomic E-state index is 13.0. The van der Waals surface area contributed by atoms with Crippen LogP contribution < -0.4 is 0 Å². The monoisotopic (exact) mass is 393 g/mol. The van der Waals surface area contributed by atoms with E-state index >= 15 is 0 Å². The van der Waals surface area contributed by atoms with E-state index in [4.69, 9.17) is 11.6 Å². The van der Waals surface area contributed by atoms with Crippen LogP contribution in [0, 0.1) is 6.92 Å². The standard InChI is InChI=1S/C23H24ClN3O/c1-17-5-2-3-6-20(17)16-26-11-4-12-27(14-13-26)23(28)19-7-9-21-18(15-19)8-10-22(24)25-21/h2-3,5-10,15H,4,11-14,16H2,1H3. The van der Waals surface area contributed by atoms with Crippen LogP contribution in [0.4, 0.5) is 0 Å². The number of aromatic nitrogens is 1. The minimum Gasteiger partial charge on any atom is -0.337 e. The molecule has 1 aromatic heterocycles. The fraction of sp³-hybridized carbons (Fsp3) is 0.304. The van der Waals surface area contributed by atoms with Crippen molar-refractivity contribution in [3.63, 3.8) is 0 Å². The van der Waals surface area contributed by atoms with Gasteiger partial charge in [-0.3, -0.25) is 9.69 Å². The number of hydrogen-bond acceptors (Lipinski definition) is 3. The number of fused-ring (bicyclic) bond motifs is 1. The van der Waals surface area contributed by atoms with Gasteiger partial charge in [-0.05, 0) is 54.8 Å². The molecule has 0 unspecified atom stereocenters. The van der Waals surface area contributed by atoms with Gasteiger partial charge in [-0.2, -0.15) is 0 Å². The number of halogens is 1. The van der Waals surface area contributed by atoms with Crippen LogP contribution in [-0.4, -0.2) is 46.9 Å². The molecule has 144 valence electrons. The van der Waals surface area contributed by atoms with E-state index in [0.717, 1.165) is 50.0 Å². The summed E-state index contributed by atoms with van der Waals surface area (Å²) in [5.74, 6) is 0.0922. The molecule has 1 aliphatic rings. The summed E-state index contributed by atoms with van der Waals surface area (Å²) in [5, 5.41) is 1.40. The molecule has 5 heteroatoms. The molecule has 0 N–H and O–H groups in total. The molecule has 0 bridgehead atoms.